The third kappa shape index (κ3) is 3.38. The molecule has 0 radical (unpaired) electrons. The third-order valence-corrected chi connectivity index (χ3v) is 3.42. The largest absolute Gasteiger partial charge is 0.478 e. The van der Waals surface area contributed by atoms with Gasteiger partial charge in [0, 0.05) is 6.42 Å². The van der Waals surface area contributed by atoms with Crippen molar-refractivity contribution in [1.82, 2.24) is 0 Å². The first-order chi connectivity index (χ1) is 9.58. The first kappa shape index (κ1) is 14.1. The molecule has 2 aromatic carbocycles. The summed E-state index contributed by atoms with van der Waals surface area (Å²) >= 11 is 0. The molecule has 0 bridgehead atoms. The molecule has 0 spiro atoms. The van der Waals surface area contributed by atoms with Gasteiger partial charge in [0.1, 0.15) is 5.75 Å². The summed E-state index contributed by atoms with van der Waals surface area (Å²) in [5.41, 5.74) is 3.29. The van der Waals surface area contributed by atoms with E-state index in [4.69, 9.17) is 4.74 Å². The number of benzene rings is 2. The van der Waals surface area contributed by atoms with Crippen molar-refractivity contribution in [2.75, 3.05) is 0 Å². The number of hydrogen-bond acceptors (Lipinski definition) is 2. The van der Waals surface area contributed by atoms with Gasteiger partial charge >= 0.3 is 5.97 Å². The molecule has 0 unspecified atom stereocenters. The van der Waals surface area contributed by atoms with E-state index in [1.165, 1.54) is 0 Å². The van der Waals surface area contributed by atoms with Crippen LogP contribution in [0.15, 0.2) is 48.5 Å². The van der Waals surface area contributed by atoms with Crippen LogP contribution in [0.25, 0.3) is 0 Å². The van der Waals surface area contributed by atoms with E-state index in [1.54, 1.807) is 12.1 Å². The molecule has 3 heteroatoms. The number of aryl methyl sites for hydroxylation is 1. The molecule has 0 aromatic heterocycles. The molecule has 0 heterocycles. The summed E-state index contributed by atoms with van der Waals surface area (Å²) in [5.74, 6) is -0.375. The van der Waals surface area contributed by atoms with Crippen molar-refractivity contribution in [1.29, 1.82) is 0 Å². The average Bonchev–Trinajstić information content (AvgIpc) is 2.44. The van der Waals surface area contributed by atoms with Crippen LogP contribution in [0.1, 0.15) is 16.7 Å². The maximum atomic E-state index is 11.4. The highest BCUT2D eigenvalue weighted by atomic mass is 16.5. The van der Waals surface area contributed by atoms with E-state index in [0.29, 0.717) is 12.2 Å². The van der Waals surface area contributed by atoms with Gasteiger partial charge < -0.3 is 9.84 Å². The number of hydrogen-bond donors (Lipinski definition) is 1. The van der Waals surface area contributed by atoms with Crippen molar-refractivity contribution < 1.29 is 14.6 Å². The van der Waals surface area contributed by atoms with Crippen LogP contribution in [0.4, 0.5) is 0 Å². The van der Waals surface area contributed by atoms with E-state index in [0.717, 1.165) is 16.7 Å². The van der Waals surface area contributed by atoms with Crippen LogP contribution in [0.5, 0.6) is 5.75 Å². The van der Waals surface area contributed by atoms with Crippen LogP contribution < -0.4 is 4.74 Å². The fraction of sp³-hybridized carbons (Fsp3) is 0.235. The number of rotatable bonds is 5. The molecule has 0 fully saturated rings. The van der Waals surface area contributed by atoms with E-state index in [1.807, 2.05) is 50.2 Å². The molecule has 104 valence electrons. The minimum Gasteiger partial charge on any atom is -0.478 e. The minimum atomic E-state index is -0.949. The molecular formula is C17H18O3. The Bertz CT molecular complexity index is 590. The van der Waals surface area contributed by atoms with E-state index < -0.39 is 12.1 Å². The Morgan fingerprint density at radius 3 is 2.45 bits per heavy atom. The van der Waals surface area contributed by atoms with E-state index in [2.05, 4.69) is 0 Å². The first-order valence-corrected chi connectivity index (χ1v) is 6.57. The van der Waals surface area contributed by atoms with Crippen LogP contribution >= 0.6 is 0 Å². The number of ether oxygens (including phenoxy) is 1. The second-order valence-corrected chi connectivity index (χ2v) is 4.82. The highest BCUT2D eigenvalue weighted by Crippen LogP contribution is 2.18. The molecule has 0 aliphatic rings. The molecule has 0 aliphatic heterocycles. The standard InChI is InChI=1S/C17H18O3/c1-12-7-6-8-14(13(12)2)11-16(17(18)19)20-15-9-4-3-5-10-15/h3-10,16H,11H2,1-2H3,(H,18,19)/t16-/m0/s1. The molecule has 0 aliphatic carbocycles. The Kier molecular flexibility index (Phi) is 4.41. The predicted octanol–water partition coefficient (Wildman–Crippen LogP) is 3.38. The molecule has 2 aromatic rings. The molecule has 3 nitrogen and oxygen atoms in total. The Morgan fingerprint density at radius 2 is 1.80 bits per heavy atom. The Morgan fingerprint density at radius 1 is 1.10 bits per heavy atom. The van der Waals surface area contributed by atoms with Crippen molar-refractivity contribution in [2.45, 2.75) is 26.4 Å². The highest BCUT2D eigenvalue weighted by Gasteiger charge is 2.21. The lowest BCUT2D eigenvalue weighted by Gasteiger charge is -2.17. The fourth-order valence-electron chi connectivity index (χ4n) is 2.08. The number of carbonyl (C=O) groups is 1. The summed E-state index contributed by atoms with van der Waals surface area (Å²) < 4.78 is 5.58. The minimum absolute atomic E-state index is 0.359. The zero-order valence-corrected chi connectivity index (χ0v) is 11.7. The van der Waals surface area contributed by atoms with E-state index >= 15 is 0 Å². The van der Waals surface area contributed by atoms with Gasteiger partial charge in [-0.1, -0.05) is 36.4 Å². The van der Waals surface area contributed by atoms with Gasteiger partial charge in [0.2, 0.25) is 0 Å². The zero-order valence-electron chi connectivity index (χ0n) is 11.7. The number of carboxylic acids is 1. The molecular weight excluding hydrogens is 252 g/mol. The van der Waals surface area contributed by atoms with Crippen molar-refractivity contribution in [3.63, 3.8) is 0 Å². The lowest BCUT2D eigenvalue weighted by atomic mass is 9.98. The van der Waals surface area contributed by atoms with Crippen LogP contribution in [0, 0.1) is 13.8 Å². The average molecular weight is 270 g/mol. The maximum absolute atomic E-state index is 11.4. The predicted molar refractivity (Wildman–Crippen MR) is 78.1 cm³/mol. The topological polar surface area (TPSA) is 46.5 Å². The number of carboxylic acid groups (broad SMARTS) is 1. The van der Waals surface area contributed by atoms with Gasteiger partial charge in [0.05, 0.1) is 0 Å². The second kappa shape index (κ2) is 6.24. The third-order valence-electron chi connectivity index (χ3n) is 3.42. The van der Waals surface area contributed by atoms with Crippen LogP contribution in [-0.4, -0.2) is 17.2 Å². The molecule has 1 atom stereocenters. The summed E-state index contributed by atoms with van der Waals surface area (Å²) in [5, 5.41) is 9.33. The van der Waals surface area contributed by atoms with Gasteiger partial charge in [-0.15, -0.1) is 0 Å². The lowest BCUT2D eigenvalue weighted by Crippen LogP contribution is -2.29. The molecule has 0 amide bonds. The molecule has 0 saturated heterocycles. The quantitative estimate of drug-likeness (QED) is 0.906. The Labute approximate surface area is 118 Å². The summed E-state index contributed by atoms with van der Waals surface area (Å²) in [7, 11) is 0. The van der Waals surface area contributed by atoms with Gasteiger partial charge in [-0.05, 0) is 42.7 Å². The van der Waals surface area contributed by atoms with Crippen LogP contribution in [-0.2, 0) is 11.2 Å². The van der Waals surface area contributed by atoms with Gasteiger partial charge in [-0.25, -0.2) is 4.79 Å². The SMILES string of the molecule is Cc1cccc(C[C@H](Oc2ccccc2)C(=O)O)c1C. The normalized spacial score (nSPS) is 11.9. The lowest BCUT2D eigenvalue weighted by molar-refractivity contribution is -0.145. The maximum Gasteiger partial charge on any atom is 0.345 e. The summed E-state index contributed by atoms with van der Waals surface area (Å²) in [6.45, 7) is 4.03. The van der Waals surface area contributed by atoms with Gasteiger partial charge in [0.15, 0.2) is 6.10 Å². The highest BCUT2D eigenvalue weighted by molar-refractivity contribution is 5.73. The van der Waals surface area contributed by atoms with E-state index in [-0.39, 0.29) is 0 Å². The number of aliphatic carboxylic acids is 1. The van der Waals surface area contributed by atoms with Crippen molar-refractivity contribution in [3.8, 4) is 5.75 Å². The zero-order chi connectivity index (χ0) is 14.5. The van der Waals surface area contributed by atoms with Gasteiger partial charge in [0.25, 0.3) is 0 Å². The van der Waals surface area contributed by atoms with Crippen molar-refractivity contribution in [2.24, 2.45) is 0 Å². The Hall–Kier alpha value is -2.29. The monoisotopic (exact) mass is 270 g/mol. The molecule has 0 saturated carbocycles. The van der Waals surface area contributed by atoms with Crippen molar-refractivity contribution >= 4 is 5.97 Å². The van der Waals surface area contributed by atoms with Crippen molar-refractivity contribution in [3.05, 3.63) is 65.2 Å². The Balaban J connectivity index is 2.18. The van der Waals surface area contributed by atoms with Gasteiger partial charge in [-0.3, -0.25) is 0 Å². The van der Waals surface area contributed by atoms with Crippen LogP contribution in [0.3, 0.4) is 0 Å². The smallest absolute Gasteiger partial charge is 0.345 e. The second-order valence-electron chi connectivity index (χ2n) is 4.82. The fourth-order valence-corrected chi connectivity index (χ4v) is 2.08. The summed E-state index contributed by atoms with van der Waals surface area (Å²) in [6, 6.07) is 15.0. The van der Waals surface area contributed by atoms with E-state index in [9.17, 15) is 9.90 Å². The number of para-hydroxylation sites is 1. The molecule has 2 rings (SSSR count). The first-order valence-electron chi connectivity index (χ1n) is 6.57. The molecule has 20 heavy (non-hydrogen) atoms. The summed E-state index contributed by atoms with van der Waals surface area (Å²) in [4.78, 5) is 11.4. The van der Waals surface area contributed by atoms with Crippen LogP contribution in [0.2, 0.25) is 0 Å². The molecule has 1 N–H and O–H groups in total. The summed E-state index contributed by atoms with van der Waals surface area (Å²) in [6.07, 6.45) is -0.518. The van der Waals surface area contributed by atoms with Gasteiger partial charge in [-0.2, -0.15) is 0 Å².